The van der Waals surface area contributed by atoms with Gasteiger partial charge in [-0.2, -0.15) is 0 Å². The number of hydrogen-bond acceptors (Lipinski definition) is 2. The maximum Gasteiger partial charge on any atom is 0.101 e. The predicted octanol–water partition coefficient (Wildman–Crippen LogP) is 4.03. The van der Waals surface area contributed by atoms with Gasteiger partial charge in [-0.1, -0.05) is 24.3 Å². The van der Waals surface area contributed by atoms with Crippen molar-refractivity contribution < 1.29 is 0 Å². The van der Waals surface area contributed by atoms with E-state index in [0.29, 0.717) is 0 Å². The van der Waals surface area contributed by atoms with E-state index >= 15 is 0 Å². The van der Waals surface area contributed by atoms with E-state index in [4.69, 9.17) is 11.6 Å². The minimum atomic E-state index is -0.0765. The highest BCUT2D eigenvalue weighted by Crippen LogP contribution is 2.26. The summed E-state index contributed by atoms with van der Waals surface area (Å²) in [4.78, 5) is 0. The van der Waals surface area contributed by atoms with Crippen LogP contribution in [0.25, 0.3) is 5.69 Å². The van der Waals surface area contributed by atoms with Gasteiger partial charge in [0, 0.05) is 4.47 Å². The van der Waals surface area contributed by atoms with Crippen molar-refractivity contribution in [2.24, 2.45) is 0 Å². The lowest BCUT2D eigenvalue weighted by atomic mass is 10.2. The third kappa shape index (κ3) is 2.53. The highest BCUT2D eigenvalue weighted by Gasteiger charge is 2.12. The first-order valence-corrected chi connectivity index (χ1v) is 6.68. The smallest absolute Gasteiger partial charge is 0.101 e. The van der Waals surface area contributed by atoms with E-state index < -0.39 is 0 Å². The van der Waals surface area contributed by atoms with Gasteiger partial charge in [0.2, 0.25) is 0 Å². The monoisotopic (exact) mass is 313 g/mol. The zero-order chi connectivity index (χ0) is 12.4. The fourth-order valence-corrected chi connectivity index (χ4v) is 2.10. The Labute approximate surface area is 114 Å². The molecule has 0 amide bonds. The Morgan fingerprint density at radius 3 is 2.94 bits per heavy atom. The van der Waals surface area contributed by atoms with Crippen molar-refractivity contribution in [3.8, 4) is 5.69 Å². The Kier molecular flexibility index (Phi) is 3.84. The van der Waals surface area contributed by atoms with E-state index in [9.17, 15) is 0 Å². The lowest BCUT2D eigenvalue weighted by Gasteiger charge is -2.05. The number of halogens is 2. The molecule has 0 aliphatic heterocycles. The van der Waals surface area contributed by atoms with Gasteiger partial charge < -0.3 is 0 Å². The lowest BCUT2D eigenvalue weighted by Crippen LogP contribution is -1.97. The first-order valence-electron chi connectivity index (χ1n) is 5.45. The van der Waals surface area contributed by atoms with Crippen LogP contribution in [0.3, 0.4) is 0 Å². The van der Waals surface area contributed by atoms with Crippen LogP contribution in [0.4, 0.5) is 0 Å². The van der Waals surface area contributed by atoms with E-state index in [0.717, 1.165) is 27.8 Å². The van der Waals surface area contributed by atoms with Crippen LogP contribution < -0.4 is 0 Å². The zero-order valence-electron chi connectivity index (χ0n) is 9.69. The van der Waals surface area contributed by atoms with Crippen LogP contribution >= 0.6 is 27.5 Å². The summed E-state index contributed by atoms with van der Waals surface area (Å²) in [5, 5.41) is 8.13. The van der Waals surface area contributed by atoms with Crippen molar-refractivity contribution >= 4 is 27.5 Å². The van der Waals surface area contributed by atoms with Crippen LogP contribution in [-0.4, -0.2) is 15.0 Å². The molecule has 2 aromatic rings. The molecule has 5 heteroatoms. The van der Waals surface area contributed by atoms with Crippen molar-refractivity contribution in [2.75, 3.05) is 0 Å². The highest BCUT2D eigenvalue weighted by molar-refractivity contribution is 9.10. The first kappa shape index (κ1) is 12.6. The summed E-state index contributed by atoms with van der Waals surface area (Å²) in [6, 6.07) is 6.03. The second-order valence-electron chi connectivity index (χ2n) is 3.87. The van der Waals surface area contributed by atoms with Crippen LogP contribution in [0.15, 0.2) is 28.9 Å². The average Bonchev–Trinajstić information content (AvgIpc) is 2.81. The second kappa shape index (κ2) is 5.19. The summed E-state index contributed by atoms with van der Waals surface area (Å²) >= 11 is 9.69. The number of rotatable bonds is 3. The molecule has 0 spiro atoms. The molecule has 0 saturated heterocycles. The largest absolute Gasteiger partial charge is 0.219 e. The number of aryl methyl sites for hydroxylation is 1. The van der Waals surface area contributed by atoms with Crippen molar-refractivity contribution in [1.29, 1.82) is 0 Å². The standard InChI is InChI=1S/C12H13BrClN3/c1-3-9(14)10-7-17(16-15-10)11-6-4-5-8(2)12(11)13/h4-7,9H,3H2,1-2H3. The molecule has 0 N–H and O–H groups in total. The summed E-state index contributed by atoms with van der Waals surface area (Å²) in [6.45, 7) is 4.07. The fraction of sp³-hybridized carbons (Fsp3) is 0.333. The molecule has 0 radical (unpaired) electrons. The molecule has 3 nitrogen and oxygen atoms in total. The predicted molar refractivity (Wildman–Crippen MR) is 72.7 cm³/mol. The number of nitrogens with zero attached hydrogens (tertiary/aromatic N) is 3. The Balaban J connectivity index is 2.40. The molecular weight excluding hydrogens is 302 g/mol. The van der Waals surface area contributed by atoms with Gasteiger partial charge in [-0.05, 0) is 40.9 Å². The highest BCUT2D eigenvalue weighted by atomic mass is 79.9. The Hall–Kier alpha value is -0.870. The van der Waals surface area contributed by atoms with Gasteiger partial charge in [-0.25, -0.2) is 4.68 Å². The SMILES string of the molecule is CCC(Cl)c1cn(-c2cccc(C)c2Br)nn1. The summed E-state index contributed by atoms with van der Waals surface area (Å²) < 4.78 is 2.77. The molecule has 1 aromatic heterocycles. The van der Waals surface area contributed by atoms with Gasteiger partial charge in [0.25, 0.3) is 0 Å². The quantitative estimate of drug-likeness (QED) is 0.801. The van der Waals surface area contributed by atoms with Gasteiger partial charge in [-0.3, -0.25) is 0 Å². The molecule has 1 atom stereocenters. The van der Waals surface area contributed by atoms with E-state index in [1.165, 1.54) is 0 Å². The molecule has 1 heterocycles. The molecule has 0 saturated carbocycles. The second-order valence-corrected chi connectivity index (χ2v) is 5.19. The molecule has 1 aromatic carbocycles. The number of alkyl halides is 1. The third-order valence-electron chi connectivity index (χ3n) is 2.61. The van der Waals surface area contributed by atoms with Crippen molar-refractivity contribution in [2.45, 2.75) is 25.6 Å². The van der Waals surface area contributed by atoms with Crippen LogP contribution in [0.1, 0.15) is 30.0 Å². The van der Waals surface area contributed by atoms with E-state index in [2.05, 4.69) is 26.2 Å². The van der Waals surface area contributed by atoms with Crippen molar-refractivity contribution in [3.63, 3.8) is 0 Å². The van der Waals surface area contributed by atoms with Crippen LogP contribution in [0.5, 0.6) is 0 Å². The van der Waals surface area contributed by atoms with Gasteiger partial charge in [-0.15, -0.1) is 16.7 Å². The van der Waals surface area contributed by atoms with Gasteiger partial charge in [0.15, 0.2) is 0 Å². The summed E-state index contributed by atoms with van der Waals surface area (Å²) in [5.41, 5.74) is 2.95. The molecule has 0 aliphatic carbocycles. The normalized spacial score (nSPS) is 12.7. The van der Waals surface area contributed by atoms with E-state index in [-0.39, 0.29) is 5.38 Å². The number of hydrogen-bond donors (Lipinski definition) is 0. The zero-order valence-corrected chi connectivity index (χ0v) is 12.0. The van der Waals surface area contributed by atoms with Gasteiger partial charge in [0.05, 0.1) is 17.3 Å². The molecule has 0 fully saturated rings. The maximum atomic E-state index is 6.13. The first-order chi connectivity index (χ1) is 8.13. The molecule has 1 unspecified atom stereocenters. The Morgan fingerprint density at radius 1 is 1.47 bits per heavy atom. The summed E-state index contributed by atoms with van der Waals surface area (Å²) in [6.07, 6.45) is 2.72. The average molecular weight is 315 g/mol. The van der Waals surface area contributed by atoms with Crippen LogP contribution in [0.2, 0.25) is 0 Å². The molecule has 17 heavy (non-hydrogen) atoms. The van der Waals surface area contributed by atoms with Gasteiger partial charge >= 0.3 is 0 Å². The molecule has 0 bridgehead atoms. The minimum Gasteiger partial charge on any atom is -0.219 e. The van der Waals surface area contributed by atoms with E-state index in [1.54, 1.807) is 4.68 Å². The van der Waals surface area contributed by atoms with Crippen LogP contribution in [0, 0.1) is 6.92 Å². The fourth-order valence-electron chi connectivity index (χ4n) is 1.56. The number of aromatic nitrogens is 3. The topological polar surface area (TPSA) is 30.7 Å². The Morgan fingerprint density at radius 2 is 2.24 bits per heavy atom. The molecule has 90 valence electrons. The summed E-state index contributed by atoms with van der Waals surface area (Å²) in [5.74, 6) is 0. The van der Waals surface area contributed by atoms with Crippen molar-refractivity contribution in [3.05, 3.63) is 40.1 Å². The summed E-state index contributed by atoms with van der Waals surface area (Å²) in [7, 11) is 0. The van der Waals surface area contributed by atoms with Crippen LogP contribution in [-0.2, 0) is 0 Å². The molecule has 2 rings (SSSR count). The lowest BCUT2D eigenvalue weighted by molar-refractivity contribution is 0.783. The third-order valence-corrected chi connectivity index (χ3v) is 4.17. The van der Waals surface area contributed by atoms with Crippen molar-refractivity contribution in [1.82, 2.24) is 15.0 Å². The number of benzene rings is 1. The molecule has 0 aliphatic rings. The van der Waals surface area contributed by atoms with Gasteiger partial charge in [0.1, 0.15) is 5.69 Å². The minimum absolute atomic E-state index is 0.0765. The van der Waals surface area contributed by atoms with E-state index in [1.807, 2.05) is 38.2 Å². The molecular formula is C12H13BrClN3. The Bertz CT molecular complexity index is 524. The maximum absolute atomic E-state index is 6.13.